The maximum absolute atomic E-state index is 13.6. The van der Waals surface area contributed by atoms with Crippen molar-refractivity contribution in [2.45, 2.75) is 45.0 Å². The summed E-state index contributed by atoms with van der Waals surface area (Å²) in [4.78, 5) is 4.18. The summed E-state index contributed by atoms with van der Waals surface area (Å²) < 4.78 is 36.9. The van der Waals surface area contributed by atoms with E-state index in [-0.39, 0.29) is 17.7 Å². The zero-order valence-electron chi connectivity index (χ0n) is 17.7. The van der Waals surface area contributed by atoms with E-state index in [9.17, 15) is 12.8 Å². The topological polar surface area (TPSA) is 70.6 Å². The van der Waals surface area contributed by atoms with Gasteiger partial charge in [0.1, 0.15) is 5.82 Å². The highest BCUT2D eigenvalue weighted by Crippen LogP contribution is 2.22. The van der Waals surface area contributed by atoms with Crippen molar-refractivity contribution in [3.05, 3.63) is 70.5 Å². The van der Waals surface area contributed by atoms with Gasteiger partial charge in [0.2, 0.25) is 0 Å². The average molecular weight is 420 g/mol. The van der Waals surface area contributed by atoms with Crippen LogP contribution < -0.4 is 10.6 Å². The molecule has 0 saturated heterocycles. The van der Waals surface area contributed by atoms with Crippen LogP contribution in [0, 0.1) is 5.82 Å². The second-order valence-electron chi connectivity index (χ2n) is 8.21. The van der Waals surface area contributed by atoms with Crippen molar-refractivity contribution < 1.29 is 12.8 Å². The number of guanidine groups is 1. The first-order chi connectivity index (χ1) is 13.5. The van der Waals surface area contributed by atoms with Gasteiger partial charge in [-0.3, -0.25) is 4.99 Å². The molecule has 0 aliphatic rings. The molecule has 0 heterocycles. The lowest BCUT2D eigenvalue weighted by Crippen LogP contribution is -2.36. The predicted octanol–water partition coefficient (Wildman–Crippen LogP) is 3.53. The fourth-order valence-electron chi connectivity index (χ4n) is 2.89. The van der Waals surface area contributed by atoms with Crippen LogP contribution in [0.1, 0.15) is 43.0 Å². The molecule has 0 unspecified atom stereocenters. The van der Waals surface area contributed by atoms with E-state index in [1.807, 2.05) is 0 Å². The zero-order valence-corrected chi connectivity index (χ0v) is 18.5. The number of nitrogens with one attached hydrogen (secondary N) is 2. The maximum Gasteiger partial charge on any atom is 0.191 e. The van der Waals surface area contributed by atoms with Gasteiger partial charge in [-0.25, -0.2) is 12.8 Å². The molecule has 0 spiro atoms. The first-order valence-electron chi connectivity index (χ1n) is 9.47. The molecule has 2 aromatic rings. The number of halogens is 1. The normalized spacial score (nSPS) is 12.7. The van der Waals surface area contributed by atoms with E-state index in [2.05, 4.69) is 60.7 Å². The molecule has 5 nitrogen and oxygen atoms in total. The average Bonchev–Trinajstić information content (AvgIpc) is 2.62. The Morgan fingerprint density at radius 3 is 2.17 bits per heavy atom. The van der Waals surface area contributed by atoms with Crippen molar-refractivity contribution in [3.63, 3.8) is 0 Å². The summed E-state index contributed by atoms with van der Waals surface area (Å²) in [6, 6.07) is 12.6. The molecule has 2 aromatic carbocycles. The van der Waals surface area contributed by atoms with E-state index < -0.39 is 15.7 Å². The molecule has 158 valence electrons. The molecule has 0 fully saturated rings. The number of rotatable bonds is 6. The van der Waals surface area contributed by atoms with E-state index in [1.54, 1.807) is 7.05 Å². The van der Waals surface area contributed by atoms with Gasteiger partial charge in [0.05, 0.1) is 5.75 Å². The Labute approximate surface area is 173 Å². The summed E-state index contributed by atoms with van der Waals surface area (Å²) in [6.45, 7) is 7.39. The number of nitrogens with zero attached hydrogens (tertiary/aromatic N) is 1. The molecule has 0 aromatic heterocycles. The Bertz CT molecular complexity index is 963. The Balaban J connectivity index is 2.00. The number of hydrogen-bond donors (Lipinski definition) is 2. The molecule has 2 rings (SSSR count). The molecule has 0 bridgehead atoms. The maximum atomic E-state index is 13.6. The van der Waals surface area contributed by atoms with Crippen LogP contribution in [-0.4, -0.2) is 27.7 Å². The van der Waals surface area contributed by atoms with E-state index in [1.165, 1.54) is 30.0 Å². The fourth-order valence-corrected chi connectivity index (χ4v) is 3.74. The molecule has 0 aliphatic heterocycles. The third-order valence-corrected chi connectivity index (χ3v) is 5.37. The first-order valence-corrected chi connectivity index (χ1v) is 11.5. The molecular weight excluding hydrogens is 389 g/mol. The van der Waals surface area contributed by atoms with E-state index in [0.29, 0.717) is 23.6 Å². The summed E-state index contributed by atoms with van der Waals surface area (Å²) in [5.41, 5.74) is 3.67. The summed E-state index contributed by atoms with van der Waals surface area (Å²) in [5, 5.41) is 6.35. The van der Waals surface area contributed by atoms with Crippen LogP contribution in [0.15, 0.2) is 47.5 Å². The van der Waals surface area contributed by atoms with Crippen molar-refractivity contribution in [3.8, 4) is 0 Å². The standard InChI is InChI=1S/C22H30FN3O2S/c1-22(2,3)19-9-6-16(7-10-19)13-25-21(24-4)26-14-18-12-20(23)11-8-17(18)15-29(5,27)28/h6-12H,13-15H2,1-5H3,(H2,24,25,26). The Kier molecular flexibility index (Phi) is 7.41. The van der Waals surface area contributed by atoms with Crippen molar-refractivity contribution in [2.24, 2.45) is 4.99 Å². The minimum Gasteiger partial charge on any atom is -0.352 e. The quantitative estimate of drug-likeness (QED) is 0.555. The van der Waals surface area contributed by atoms with Crippen LogP contribution in [0.4, 0.5) is 4.39 Å². The lowest BCUT2D eigenvalue weighted by atomic mass is 9.87. The van der Waals surface area contributed by atoms with Gasteiger partial charge in [-0.1, -0.05) is 51.1 Å². The molecule has 0 aliphatic carbocycles. The minimum absolute atomic E-state index is 0.109. The van der Waals surface area contributed by atoms with Gasteiger partial charge in [-0.2, -0.15) is 0 Å². The van der Waals surface area contributed by atoms with Crippen molar-refractivity contribution in [2.75, 3.05) is 13.3 Å². The third-order valence-electron chi connectivity index (χ3n) is 4.54. The number of aliphatic imine (C=N–C) groups is 1. The van der Waals surface area contributed by atoms with Gasteiger partial charge in [-0.05, 0) is 39.8 Å². The van der Waals surface area contributed by atoms with Gasteiger partial charge in [-0.15, -0.1) is 0 Å². The lowest BCUT2D eigenvalue weighted by Gasteiger charge is -2.19. The molecule has 7 heteroatoms. The largest absolute Gasteiger partial charge is 0.352 e. The van der Waals surface area contributed by atoms with Crippen LogP contribution in [0.3, 0.4) is 0 Å². The number of hydrogen-bond acceptors (Lipinski definition) is 3. The highest BCUT2D eigenvalue weighted by atomic mass is 32.2. The smallest absolute Gasteiger partial charge is 0.191 e. The summed E-state index contributed by atoms with van der Waals surface area (Å²) >= 11 is 0. The van der Waals surface area contributed by atoms with Crippen molar-refractivity contribution >= 4 is 15.8 Å². The SMILES string of the molecule is CN=C(NCc1ccc(C(C)(C)C)cc1)NCc1cc(F)ccc1CS(C)(=O)=O. The second-order valence-corrected chi connectivity index (χ2v) is 10.3. The first kappa shape index (κ1) is 22.9. The van der Waals surface area contributed by atoms with Crippen molar-refractivity contribution in [1.82, 2.24) is 10.6 Å². The summed E-state index contributed by atoms with van der Waals surface area (Å²) in [7, 11) is -1.56. The predicted molar refractivity (Wildman–Crippen MR) is 117 cm³/mol. The third kappa shape index (κ3) is 7.49. The van der Waals surface area contributed by atoms with Crippen LogP contribution in [0.25, 0.3) is 0 Å². The number of sulfone groups is 1. The van der Waals surface area contributed by atoms with Crippen LogP contribution in [0.5, 0.6) is 0 Å². The molecule has 29 heavy (non-hydrogen) atoms. The highest BCUT2D eigenvalue weighted by molar-refractivity contribution is 7.89. The summed E-state index contributed by atoms with van der Waals surface area (Å²) in [5.74, 6) is 0.0246. The molecule has 0 saturated carbocycles. The van der Waals surface area contributed by atoms with Gasteiger partial charge >= 0.3 is 0 Å². The monoisotopic (exact) mass is 419 g/mol. The van der Waals surface area contributed by atoms with Crippen molar-refractivity contribution in [1.29, 1.82) is 0 Å². The molecular formula is C22H30FN3O2S. The molecule has 0 radical (unpaired) electrons. The van der Waals surface area contributed by atoms with Gasteiger partial charge in [0, 0.05) is 26.4 Å². The fraction of sp³-hybridized carbons (Fsp3) is 0.409. The Morgan fingerprint density at radius 1 is 1.00 bits per heavy atom. The second kappa shape index (κ2) is 9.39. The van der Waals surface area contributed by atoms with Gasteiger partial charge in [0.15, 0.2) is 15.8 Å². The van der Waals surface area contributed by atoms with E-state index >= 15 is 0 Å². The van der Waals surface area contributed by atoms with Gasteiger partial charge < -0.3 is 10.6 Å². The Hall–Kier alpha value is -2.41. The molecule has 0 atom stereocenters. The highest BCUT2D eigenvalue weighted by Gasteiger charge is 2.13. The van der Waals surface area contributed by atoms with E-state index in [0.717, 1.165) is 5.56 Å². The van der Waals surface area contributed by atoms with E-state index in [4.69, 9.17) is 0 Å². The Morgan fingerprint density at radius 2 is 1.62 bits per heavy atom. The lowest BCUT2D eigenvalue weighted by molar-refractivity contribution is 0.590. The summed E-state index contributed by atoms with van der Waals surface area (Å²) in [6.07, 6.45) is 1.17. The molecule has 2 N–H and O–H groups in total. The van der Waals surface area contributed by atoms with Crippen LogP contribution >= 0.6 is 0 Å². The minimum atomic E-state index is -3.21. The number of benzene rings is 2. The van der Waals surface area contributed by atoms with Gasteiger partial charge in [0.25, 0.3) is 0 Å². The van der Waals surface area contributed by atoms with Crippen LogP contribution in [0.2, 0.25) is 0 Å². The molecule has 0 amide bonds. The van der Waals surface area contributed by atoms with Crippen LogP contribution in [-0.2, 0) is 34.1 Å². The zero-order chi connectivity index (χ0) is 21.7.